The van der Waals surface area contributed by atoms with Gasteiger partial charge in [0, 0.05) is 53.2 Å². The van der Waals surface area contributed by atoms with E-state index < -0.39 is 10.0 Å². The summed E-state index contributed by atoms with van der Waals surface area (Å²) in [6, 6.07) is 10.1. The number of hydrogen-bond donors (Lipinski definition) is 2. The molecule has 0 atom stereocenters. The molecule has 144 valence electrons. The van der Waals surface area contributed by atoms with Gasteiger partial charge in [0.05, 0.1) is 0 Å². The topological polar surface area (TPSA) is 74.3 Å². The number of nitrogens with zero attached hydrogens (tertiary/aromatic N) is 2. The van der Waals surface area contributed by atoms with Crippen molar-refractivity contribution in [2.75, 3.05) is 35.8 Å². The van der Waals surface area contributed by atoms with Gasteiger partial charge in [0.2, 0.25) is 0 Å². The number of pyridine rings is 1. The number of nitrogens with one attached hydrogen (secondary N) is 2. The van der Waals surface area contributed by atoms with Gasteiger partial charge >= 0.3 is 0 Å². The van der Waals surface area contributed by atoms with Crippen LogP contribution in [0.4, 0.5) is 11.5 Å². The van der Waals surface area contributed by atoms with Gasteiger partial charge in [0.25, 0.3) is 10.0 Å². The highest BCUT2D eigenvalue weighted by atomic mass is 35.5. The molecule has 1 aromatic carbocycles. The van der Waals surface area contributed by atoms with Gasteiger partial charge in [0.15, 0.2) is 0 Å². The van der Waals surface area contributed by atoms with Crippen LogP contribution in [0.5, 0.6) is 0 Å². The molecule has 0 spiro atoms. The van der Waals surface area contributed by atoms with Crippen LogP contribution in [-0.4, -0.2) is 39.6 Å². The van der Waals surface area contributed by atoms with E-state index in [0.29, 0.717) is 10.7 Å². The molecular formula is C17H18Cl2N4O2S2. The molecule has 10 heteroatoms. The molecule has 0 amide bonds. The van der Waals surface area contributed by atoms with Gasteiger partial charge in [0.1, 0.15) is 10.0 Å². The molecule has 4 rings (SSSR count). The van der Waals surface area contributed by atoms with Crippen molar-refractivity contribution in [3.05, 3.63) is 47.6 Å². The number of aromatic nitrogens is 1. The number of sulfonamides is 1. The molecule has 1 aliphatic heterocycles. The van der Waals surface area contributed by atoms with Gasteiger partial charge in [-0.15, -0.1) is 23.7 Å². The average Bonchev–Trinajstić information content (AvgIpc) is 3.09. The van der Waals surface area contributed by atoms with Crippen LogP contribution in [0.3, 0.4) is 0 Å². The zero-order valence-corrected chi connectivity index (χ0v) is 17.4. The van der Waals surface area contributed by atoms with E-state index in [2.05, 4.69) is 19.9 Å². The van der Waals surface area contributed by atoms with E-state index >= 15 is 0 Å². The van der Waals surface area contributed by atoms with E-state index in [1.165, 1.54) is 11.3 Å². The Bertz CT molecular complexity index is 1030. The van der Waals surface area contributed by atoms with Crippen molar-refractivity contribution in [2.45, 2.75) is 4.21 Å². The van der Waals surface area contributed by atoms with Crippen LogP contribution in [0.15, 0.2) is 46.8 Å². The fourth-order valence-corrected chi connectivity index (χ4v) is 5.47. The van der Waals surface area contributed by atoms with Crippen molar-refractivity contribution in [1.82, 2.24) is 10.3 Å². The maximum absolute atomic E-state index is 12.8. The van der Waals surface area contributed by atoms with Crippen LogP contribution >= 0.6 is 35.3 Å². The minimum atomic E-state index is -3.67. The van der Waals surface area contributed by atoms with Gasteiger partial charge < -0.3 is 10.2 Å². The summed E-state index contributed by atoms with van der Waals surface area (Å²) < 4.78 is 29.3. The Morgan fingerprint density at radius 2 is 1.85 bits per heavy atom. The first kappa shape index (κ1) is 20.2. The molecule has 3 heterocycles. The highest BCUT2D eigenvalue weighted by molar-refractivity contribution is 7.94. The molecule has 0 saturated carbocycles. The Balaban J connectivity index is 0.00000210. The summed E-state index contributed by atoms with van der Waals surface area (Å²) >= 11 is 7.10. The van der Waals surface area contributed by atoms with E-state index in [4.69, 9.17) is 11.6 Å². The summed E-state index contributed by atoms with van der Waals surface area (Å²) in [5.41, 5.74) is 0.479. The molecule has 1 fully saturated rings. The predicted molar refractivity (Wildman–Crippen MR) is 114 cm³/mol. The summed E-state index contributed by atoms with van der Waals surface area (Å²) in [4.78, 5) is 6.68. The zero-order chi connectivity index (χ0) is 18.1. The smallest absolute Gasteiger partial charge is 0.271 e. The number of benzene rings is 1. The van der Waals surface area contributed by atoms with Crippen molar-refractivity contribution >= 4 is 67.0 Å². The zero-order valence-electron chi connectivity index (χ0n) is 14.2. The summed E-state index contributed by atoms with van der Waals surface area (Å²) in [6.07, 6.45) is 1.74. The first-order valence-electron chi connectivity index (χ1n) is 8.15. The second kappa shape index (κ2) is 8.20. The van der Waals surface area contributed by atoms with E-state index in [9.17, 15) is 8.42 Å². The molecule has 0 unspecified atom stereocenters. The van der Waals surface area contributed by atoms with Gasteiger partial charge in [-0.3, -0.25) is 4.72 Å². The second-order valence-electron chi connectivity index (χ2n) is 5.96. The highest BCUT2D eigenvalue weighted by Gasteiger charge is 2.21. The van der Waals surface area contributed by atoms with Crippen molar-refractivity contribution in [3.8, 4) is 0 Å². The van der Waals surface area contributed by atoms with Crippen molar-refractivity contribution in [1.29, 1.82) is 0 Å². The van der Waals surface area contributed by atoms with E-state index in [-0.39, 0.29) is 16.6 Å². The number of anilines is 2. The lowest BCUT2D eigenvalue weighted by Crippen LogP contribution is -2.43. The number of piperazine rings is 1. The van der Waals surface area contributed by atoms with Crippen molar-refractivity contribution in [2.24, 2.45) is 0 Å². The Hall–Kier alpha value is -1.58. The van der Waals surface area contributed by atoms with Gasteiger partial charge in [-0.1, -0.05) is 11.6 Å². The van der Waals surface area contributed by atoms with E-state index in [1.54, 1.807) is 36.5 Å². The van der Waals surface area contributed by atoms with Crippen LogP contribution in [0.1, 0.15) is 0 Å². The lowest BCUT2D eigenvalue weighted by Gasteiger charge is -2.28. The summed E-state index contributed by atoms with van der Waals surface area (Å²) in [5, 5.41) is 4.74. The first-order valence-corrected chi connectivity index (χ1v) is 10.8. The van der Waals surface area contributed by atoms with Crippen LogP contribution < -0.4 is 14.9 Å². The highest BCUT2D eigenvalue weighted by Crippen LogP contribution is 2.35. The van der Waals surface area contributed by atoms with Crippen LogP contribution in [0, 0.1) is 0 Å². The first-order chi connectivity index (χ1) is 12.5. The molecule has 27 heavy (non-hydrogen) atoms. The summed E-state index contributed by atoms with van der Waals surface area (Å²) in [5.74, 6) is 0.841. The predicted octanol–water partition coefficient (Wildman–Crippen LogP) is 3.58. The SMILES string of the molecule is Cl.O=S(=O)(Nc1ccc(Cl)cc1)c1cc2c(N3CCNCC3)nccc2s1. The Labute approximate surface area is 173 Å². The molecule has 1 saturated heterocycles. The third kappa shape index (κ3) is 4.30. The number of fused-ring (bicyclic) bond motifs is 1. The molecule has 3 aromatic rings. The monoisotopic (exact) mass is 444 g/mol. The van der Waals surface area contributed by atoms with Crippen LogP contribution in [0.2, 0.25) is 5.02 Å². The fraction of sp³-hybridized carbons (Fsp3) is 0.235. The lowest BCUT2D eigenvalue weighted by molar-refractivity contribution is 0.586. The third-order valence-electron chi connectivity index (χ3n) is 4.18. The second-order valence-corrected chi connectivity index (χ2v) is 9.39. The van der Waals surface area contributed by atoms with E-state index in [0.717, 1.165) is 42.1 Å². The maximum Gasteiger partial charge on any atom is 0.271 e. The molecule has 2 aromatic heterocycles. The Kier molecular flexibility index (Phi) is 6.12. The minimum Gasteiger partial charge on any atom is -0.354 e. The molecule has 6 nitrogen and oxygen atoms in total. The Morgan fingerprint density at radius 1 is 1.15 bits per heavy atom. The van der Waals surface area contributed by atoms with Crippen molar-refractivity contribution < 1.29 is 8.42 Å². The summed E-state index contributed by atoms with van der Waals surface area (Å²) in [6.45, 7) is 3.50. The number of thiophene rings is 1. The number of rotatable bonds is 4. The molecule has 1 aliphatic rings. The standard InChI is InChI=1S/C17H17ClN4O2S2.ClH/c18-12-1-3-13(4-2-12)21-26(23,24)16-11-14-15(25-16)5-6-20-17(14)22-9-7-19-8-10-22;/h1-6,11,19,21H,7-10H2;1H. The van der Waals surface area contributed by atoms with Gasteiger partial charge in [-0.05, 0) is 36.4 Å². The molecule has 2 N–H and O–H groups in total. The molecule has 0 radical (unpaired) electrons. The van der Waals surface area contributed by atoms with E-state index in [1.807, 2.05) is 6.07 Å². The van der Waals surface area contributed by atoms with Crippen LogP contribution in [-0.2, 0) is 10.0 Å². The number of hydrogen-bond acceptors (Lipinski definition) is 6. The largest absolute Gasteiger partial charge is 0.354 e. The third-order valence-corrected chi connectivity index (χ3v) is 7.39. The average molecular weight is 445 g/mol. The fourth-order valence-electron chi connectivity index (χ4n) is 2.91. The van der Waals surface area contributed by atoms with Gasteiger partial charge in [-0.25, -0.2) is 13.4 Å². The quantitative estimate of drug-likeness (QED) is 0.642. The maximum atomic E-state index is 12.8. The lowest BCUT2D eigenvalue weighted by atomic mass is 10.2. The molecule has 0 bridgehead atoms. The minimum absolute atomic E-state index is 0. The molecule has 0 aliphatic carbocycles. The summed E-state index contributed by atoms with van der Waals surface area (Å²) in [7, 11) is -3.67. The number of halogens is 2. The molecular weight excluding hydrogens is 427 g/mol. The van der Waals surface area contributed by atoms with Crippen molar-refractivity contribution in [3.63, 3.8) is 0 Å². The Morgan fingerprint density at radius 3 is 2.56 bits per heavy atom. The van der Waals surface area contributed by atoms with Crippen LogP contribution in [0.25, 0.3) is 10.1 Å². The normalized spacial score (nSPS) is 14.8. The van der Waals surface area contributed by atoms with Gasteiger partial charge in [-0.2, -0.15) is 0 Å².